The van der Waals surface area contributed by atoms with Crippen LogP contribution in [0.15, 0.2) is 12.2 Å². The van der Waals surface area contributed by atoms with Gasteiger partial charge in [0.1, 0.15) is 24.4 Å². The van der Waals surface area contributed by atoms with E-state index in [4.69, 9.17) is 14.6 Å². The Bertz CT molecular complexity index is 347. The van der Waals surface area contributed by atoms with E-state index in [0.717, 1.165) is 12.8 Å². The number of rotatable bonds is 16. The third-order valence-corrected chi connectivity index (χ3v) is 4.96. The molecule has 0 radical (unpaired) electrons. The largest absolute Gasteiger partial charge is 0.394 e. The van der Waals surface area contributed by atoms with E-state index in [1.807, 2.05) is 0 Å². The van der Waals surface area contributed by atoms with Gasteiger partial charge in [-0.1, -0.05) is 64.0 Å². The van der Waals surface area contributed by atoms with Crippen LogP contribution in [0.4, 0.5) is 0 Å². The molecule has 1 fully saturated rings. The van der Waals surface area contributed by atoms with Gasteiger partial charge in [-0.25, -0.2) is 0 Å². The molecule has 1 rings (SSSR count). The molecule has 0 aromatic carbocycles. The number of hydrogen-bond donors (Lipinski definition) is 3. The summed E-state index contributed by atoms with van der Waals surface area (Å²) in [7, 11) is 0. The van der Waals surface area contributed by atoms with E-state index in [1.54, 1.807) is 0 Å². The van der Waals surface area contributed by atoms with Crippen molar-refractivity contribution in [2.75, 3.05) is 19.8 Å². The fourth-order valence-corrected chi connectivity index (χ4v) is 3.27. The van der Waals surface area contributed by atoms with Crippen LogP contribution >= 0.6 is 0 Å². The molecular weight excluding hydrogens is 332 g/mol. The summed E-state index contributed by atoms with van der Waals surface area (Å²) in [6.45, 7) is 2.68. The maximum absolute atomic E-state index is 10.0. The van der Waals surface area contributed by atoms with Crippen LogP contribution in [0, 0.1) is 0 Å². The number of allylic oxidation sites excluding steroid dienone is 2. The highest BCUT2D eigenvalue weighted by Crippen LogP contribution is 2.20. The van der Waals surface area contributed by atoms with E-state index in [0.29, 0.717) is 6.61 Å². The van der Waals surface area contributed by atoms with Crippen molar-refractivity contribution in [3.8, 4) is 0 Å². The molecule has 0 saturated carbocycles. The Labute approximate surface area is 159 Å². The standard InChI is InChI=1S/C21H40O5/c1-2-3-4-5-6-7-8-9-10-11-12-13-14-15-25-19-17-26-21(20(19)24)18(23)16-22/h4-5,18-24H,2-3,6-17H2,1H3/b5-4+/t18-,19+,20-,21-/m0/s1. The number of ether oxygens (including phenoxy) is 2. The van der Waals surface area contributed by atoms with Crippen LogP contribution in [0.1, 0.15) is 77.6 Å². The van der Waals surface area contributed by atoms with E-state index >= 15 is 0 Å². The maximum Gasteiger partial charge on any atom is 0.114 e. The summed E-state index contributed by atoms with van der Waals surface area (Å²) in [6, 6.07) is 0. The summed E-state index contributed by atoms with van der Waals surface area (Å²) in [5, 5.41) is 28.5. The summed E-state index contributed by atoms with van der Waals surface area (Å²) in [4.78, 5) is 0. The first-order chi connectivity index (χ1) is 12.7. The summed E-state index contributed by atoms with van der Waals surface area (Å²) in [5.74, 6) is 0. The van der Waals surface area contributed by atoms with E-state index in [2.05, 4.69) is 19.1 Å². The second-order valence-electron chi connectivity index (χ2n) is 7.32. The third-order valence-electron chi connectivity index (χ3n) is 4.96. The van der Waals surface area contributed by atoms with E-state index in [9.17, 15) is 10.2 Å². The summed E-state index contributed by atoms with van der Waals surface area (Å²) in [5.41, 5.74) is 0. The summed E-state index contributed by atoms with van der Waals surface area (Å²) >= 11 is 0. The number of hydrogen-bond acceptors (Lipinski definition) is 5. The van der Waals surface area contributed by atoms with Crippen molar-refractivity contribution in [2.45, 2.75) is 102 Å². The second-order valence-corrected chi connectivity index (χ2v) is 7.32. The first kappa shape index (κ1) is 23.6. The molecule has 0 amide bonds. The normalized spacial score (nSPS) is 24.5. The van der Waals surface area contributed by atoms with Gasteiger partial charge in [-0.3, -0.25) is 0 Å². The molecule has 5 nitrogen and oxygen atoms in total. The average Bonchev–Trinajstić information content (AvgIpc) is 3.02. The van der Waals surface area contributed by atoms with Gasteiger partial charge < -0.3 is 24.8 Å². The van der Waals surface area contributed by atoms with Crippen molar-refractivity contribution >= 4 is 0 Å². The fraction of sp³-hybridized carbons (Fsp3) is 0.905. The van der Waals surface area contributed by atoms with Crippen LogP contribution in [-0.2, 0) is 9.47 Å². The minimum atomic E-state index is -1.05. The van der Waals surface area contributed by atoms with Crippen LogP contribution in [0.25, 0.3) is 0 Å². The Kier molecular flexibility index (Phi) is 14.1. The molecule has 1 aliphatic rings. The molecule has 1 heterocycles. The van der Waals surface area contributed by atoms with Crippen LogP contribution in [0.2, 0.25) is 0 Å². The molecule has 0 unspecified atom stereocenters. The van der Waals surface area contributed by atoms with Crippen LogP contribution in [-0.4, -0.2) is 59.6 Å². The van der Waals surface area contributed by atoms with Crippen LogP contribution in [0.5, 0.6) is 0 Å². The Morgan fingerprint density at radius 2 is 1.62 bits per heavy atom. The van der Waals surface area contributed by atoms with Gasteiger partial charge in [0.05, 0.1) is 13.2 Å². The maximum atomic E-state index is 10.0. The zero-order chi connectivity index (χ0) is 19.0. The Balaban J connectivity index is 1.87. The van der Waals surface area contributed by atoms with Crippen molar-refractivity contribution < 1.29 is 24.8 Å². The molecule has 0 aromatic heterocycles. The van der Waals surface area contributed by atoms with Gasteiger partial charge in [0.2, 0.25) is 0 Å². The molecule has 154 valence electrons. The number of unbranched alkanes of at least 4 members (excludes halogenated alkanes) is 9. The Hall–Kier alpha value is -0.460. The van der Waals surface area contributed by atoms with Crippen molar-refractivity contribution in [3.63, 3.8) is 0 Å². The molecule has 4 atom stereocenters. The van der Waals surface area contributed by atoms with Gasteiger partial charge in [-0.2, -0.15) is 0 Å². The first-order valence-corrected chi connectivity index (χ1v) is 10.6. The molecule has 5 heteroatoms. The van der Waals surface area contributed by atoms with Crippen molar-refractivity contribution in [2.24, 2.45) is 0 Å². The predicted molar refractivity (Wildman–Crippen MR) is 104 cm³/mol. The third kappa shape index (κ3) is 10.0. The lowest BCUT2D eigenvalue weighted by Gasteiger charge is -2.20. The highest BCUT2D eigenvalue weighted by atomic mass is 16.6. The molecule has 26 heavy (non-hydrogen) atoms. The summed E-state index contributed by atoms with van der Waals surface area (Å²) in [6.07, 6.45) is 15.2. The molecule has 0 aliphatic carbocycles. The van der Waals surface area contributed by atoms with Crippen LogP contribution < -0.4 is 0 Å². The Morgan fingerprint density at radius 3 is 2.27 bits per heavy atom. The molecular formula is C21H40O5. The lowest BCUT2D eigenvalue weighted by Crippen LogP contribution is -2.41. The lowest BCUT2D eigenvalue weighted by molar-refractivity contribution is -0.0730. The predicted octanol–water partition coefficient (Wildman–Crippen LogP) is 3.35. The molecule has 3 N–H and O–H groups in total. The monoisotopic (exact) mass is 372 g/mol. The smallest absolute Gasteiger partial charge is 0.114 e. The minimum Gasteiger partial charge on any atom is -0.394 e. The molecule has 1 saturated heterocycles. The molecule has 0 bridgehead atoms. The highest BCUT2D eigenvalue weighted by molar-refractivity contribution is 4.88. The van der Waals surface area contributed by atoms with Crippen molar-refractivity contribution in [3.05, 3.63) is 12.2 Å². The van der Waals surface area contributed by atoms with Gasteiger partial charge in [-0.15, -0.1) is 0 Å². The van der Waals surface area contributed by atoms with Crippen molar-refractivity contribution in [1.29, 1.82) is 0 Å². The Morgan fingerprint density at radius 1 is 1.00 bits per heavy atom. The van der Waals surface area contributed by atoms with E-state index in [-0.39, 0.29) is 6.61 Å². The lowest BCUT2D eigenvalue weighted by atomic mass is 10.1. The number of aliphatic hydroxyl groups is 3. The zero-order valence-corrected chi connectivity index (χ0v) is 16.5. The zero-order valence-electron chi connectivity index (χ0n) is 16.5. The molecule has 1 aliphatic heterocycles. The second kappa shape index (κ2) is 15.6. The van der Waals surface area contributed by atoms with Gasteiger partial charge >= 0.3 is 0 Å². The topological polar surface area (TPSA) is 79.2 Å². The molecule has 0 aromatic rings. The first-order valence-electron chi connectivity index (χ1n) is 10.6. The number of aliphatic hydroxyl groups excluding tert-OH is 3. The average molecular weight is 373 g/mol. The van der Waals surface area contributed by atoms with Gasteiger partial charge in [0, 0.05) is 6.61 Å². The van der Waals surface area contributed by atoms with E-state index in [1.165, 1.54) is 57.8 Å². The van der Waals surface area contributed by atoms with Gasteiger partial charge in [-0.05, 0) is 25.7 Å². The SMILES string of the molecule is CCC/C=C/CCCCCCCCCCO[C@@H]1CO[C@@H]([C@@H](O)CO)[C@H]1O. The van der Waals surface area contributed by atoms with Gasteiger partial charge in [0.15, 0.2) is 0 Å². The van der Waals surface area contributed by atoms with Crippen LogP contribution in [0.3, 0.4) is 0 Å². The minimum absolute atomic E-state index is 0.274. The highest BCUT2D eigenvalue weighted by Gasteiger charge is 2.40. The fourth-order valence-electron chi connectivity index (χ4n) is 3.27. The quantitative estimate of drug-likeness (QED) is 0.286. The molecule has 0 spiro atoms. The summed E-state index contributed by atoms with van der Waals surface area (Å²) < 4.78 is 11.0. The van der Waals surface area contributed by atoms with Crippen molar-refractivity contribution in [1.82, 2.24) is 0 Å². The van der Waals surface area contributed by atoms with Gasteiger partial charge in [0.25, 0.3) is 0 Å². The van der Waals surface area contributed by atoms with E-state index < -0.39 is 31.0 Å².